The lowest BCUT2D eigenvalue weighted by molar-refractivity contribution is -0.140. The number of ketones is 2. The van der Waals surface area contributed by atoms with Crippen molar-refractivity contribution in [1.29, 1.82) is 0 Å². The zero-order chi connectivity index (χ0) is 28.9. The van der Waals surface area contributed by atoms with Gasteiger partial charge in [-0.15, -0.1) is 0 Å². The van der Waals surface area contributed by atoms with Crippen LogP contribution in [0.25, 0.3) is 11.0 Å². The van der Waals surface area contributed by atoms with Crippen LogP contribution < -0.4 is 19.6 Å². The molecule has 0 saturated carbocycles. The Morgan fingerprint density at radius 1 is 1.15 bits per heavy atom. The highest BCUT2D eigenvalue weighted by Gasteiger charge is 2.61. The Hall–Kier alpha value is -4.31. The molecule has 0 fully saturated rings. The lowest BCUT2D eigenvalue weighted by Crippen LogP contribution is -2.53. The van der Waals surface area contributed by atoms with Gasteiger partial charge in [-0.05, 0) is 12.1 Å². The molecule has 1 aliphatic carbocycles. The number of para-hydroxylation sites is 1. The summed E-state index contributed by atoms with van der Waals surface area (Å²) in [6, 6.07) is 7.90. The number of carbonyl (C=O) groups is 3. The molecule has 1 N–H and O–H groups in total. The molecule has 3 atom stereocenters. The second-order valence-electron chi connectivity index (χ2n) is 9.61. The minimum Gasteiger partial charge on any atom is -0.507 e. The lowest BCUT2D eigenvalue weighted by Gasteiger charge is -2.38. The molecule has 11 heteroatoms. The number of rotatable bonds is 6. The normalized spacial score (nSPS) is 20.9. The second-order valence-corrected chi connectivity index (χ2v) is 9.98. The van der Waals surface area contributed by atoms with E-state index >= 15 is 0 Å². The first-order chi connectivity index (χ1) is 19.1. The van der Waals surface area contributed by atoms with E-state index in [0.29, 0.717) is 5.58 Å². The van der Waals surface area contributed by atoms with Crippen LogP contribution in [-0.4, -0.2) is 49.6 Å². The molecule has 2 heterocycles. The van der Waals surface area contributed by atoms with Crippen molar-refractivity contribution in [2.45, 2.75) is 31.3 Å². The molecule has 0 bridgehead atoms. The SMILES string of the molecule is COC(=O)C[C@H](C1=C(O)[C@@]2(Oc3c(Cl)c(OC)cc(OC)c3C2=O)[C@H](C)CC1=O)c1coc2ccccc2c1=O. The summed E-state index contributed by atoms with van der Waals surface area (Å²) in [5.41, 5.74) is -2.71. The number of benzene rings is 2. The Morgan fingerprint density at radius 3 is 2.52 bits per heavy atom. The van der Waals surface area contributed by atoms with Crippen LogP contribution in [0.1, 0.15) is 41.6 Å². The number of ether oxygens (including phenoxy) is 4. The summed E-state index contributed by atoms with van der Waals surface area (Å²) < 4.78 is 27.3. The van der Waals surface area contributed by atoms with Gasteiger partial charge in [0.15, 0.2) is 22.7 Å². The van der Waals surface area contributed by atoms with E-state index in [1.165, 1.54) is 20.3 Å². The van der Waals surface area contributed by atoms with Gasteiger partial charge in [0.25, 0.3) is 0 Å². The topological polar surface area (TPSA) is 139 Å². The van der Waals surface area contributed by atoms with Gasteiger partial charge >= 0.3 is 5.97 Å². The smallest absolute Gasteiger partial charge is 0.306 e. The van der Waals surface area contributed by atoms with Crippen LogP contribution in [0.3, 0.4) is 0 Å². The molecule has 2 aliphatic rings. The number of hydrogen-bond acceptors (Lipinski definition) is 10. The minimum absolute atomic E-state index is 0.0248. The highest BCUT2D eigenvalue weighted by atomic mass is 35.5. The summed E-state index contributed by atoms with van der Waals surface area (Å²) in [5.74, 6) is -4.73. The van der Waals surface area contributed by atoms with Crippen LogP contribution in [0, 0.1) is 5.92 Å². The van der Waals surface area contributed by atoms with Gasteiger partial charge in [-0.1, -0.05) is 30.7 Å². The number of hydrogen-bond donors (Lipinski definition) is 1. The maximum Gasteiger partial charge on any atom is 0.306 e. The molecule has 0 unspecified atom stereocenters. The van der Waals surface area contributed by atoms with E-state index in [1.54, 1.807) is 31.2 Å². The number of fused-ring (bicyclic) bond motifs is 2. The van der Waals surface area contributed by atoms with Crippen LogP contribution in [0.15, 0.2) is 57.1 Å². The van der Waals surface area contributed by atoms with Crippen molar-refractivity contribution in [1.82, 2.24) is 0 Å². The summed E-state index contributed by atoms with van der Waals surface area (Å²) in [6.45, 7) is 1.58. The van der Waals surface area contributed by atoms with E-state index in [9.17, 15) is 24.3 Å². The van der Waals surface area contributed by atoms with Gasteiger partial charge < -0.3 is 28.5 Å². The average Bonchev–Trinajstić information content (AvgIpc) is 3.26. The number of halogens is 1. The standard InChI is InChI=1S/C29H25ClO10/c1-13-9-17(31)22(15(10-21(32)38-4)16-12-39-18-8-6-5-7-14(18)25(16)33)27(34)29(13)28(35)23-19(36-2)11-20(37-3)24(30)26(23)40-29/h5-8,11-13,15,34H,9-10H2,1-4H3/t13-,15+,29+/m1/s1. The number of aliphatic hydroxyl groups excluding tert-OH is 1. The Bertz CT molecular complexity index is 1670. The molecule has 0 radical (unpaired) electrons. The van der Waals surface area contributed by atoms with Gasteiger partial charge in [-0.25, -0.2) is 0 Å². The van der Waals surface area contributed by atoms with Gasteiger partial charge in [0.2, 0.25) is 11.4 Å². The van der Waals surface area contributed by atoms with Crippen LogP contribution in [0.2, 0.25) is 5.02 Å². The molecule has 3 aromatic rings. The Balaban J connectivity index is 1.76. The average molecular weight is 569 g/mol. The largest absolute Gasteiger partial charge is 0.507 e. The fourth-order valence-electron chi connectivity index (χ4n) is 5.49. The molecule has 0 saturated heterocycles. The summed E-state index contributed by atoms with van der Waals surface area (Å²) in [7, 11) is 3.88. The maximum atomic E-state index is 14.1. The molecular weight excluding hydrogens is 544 g/mol. The van der Waals surface area contributed by atoms with Crippen LogP contribution >= 0.6 is 11.6 Å². The molecule has 2 aromatic carbocycles. The number of methoxy groups -OCH3 is 3. The zero-order valence-corrected chi connectivity index (χ0v) is 22.8. The monoisotopic (exact) mass is 568 g/mol. The van der Waals surface area contributed by atoms with E-state index < -0.39 is 52.6 Å². The summed E-state index contributed by atoms with van der Waals surface area (Å²) in [5, 5.41) is 12.0. The van der Waals surface area contributed by atoms with Crippen molar-refractivity contribution in [3.8, 4) is 17.2 Å². The van der Waals surface area contributed by atoms with Crippen LogP contribution in [0.4, 0.5) is 0 Å². The zero-order valence-electron chi connectivity index (χ0n) is 22.0. The Morgan fingerprint density at radius 2 is 1.85 bits per heavy atom. The first-order valence-corrected chi connectivity index (χ1v) is 12.7. The third kappa shape index (κ3) is 3.85. The van der Waals surface area contributed by atoms with E-state index in [2.05, 4.69) is 0 Å². The number of allylic oxidation sites excluding steroid dienone is 1. The highest BCUT2D eigenvalue weighted by molar-refractivity contribution is 6.35. The molecule has 1 aromatic heterocycles. The van der Waals surface area contributed by atoms with Gasteiger partial charge in [0.1, 0.15) is 27.7 Å². The van der Waals surface area contributed by atoms with Crippen molar-refractivity contribution >= 4 is 40.1 Å². The lowest BCUT2D eigenvalue weighted by atomic mass is 9.69. The predicted molar refractivity (Wildman–Crippen MR) is 143 cm³/mol. The predicted octanol–water partition coefficient (Wildman–Crippen LogP) is 4.55. The fraction of sp³-hybridized carbons (Fsp3) is 0.310. The summed E-state index contributed by atoms with van der Waals surface area (Å²) in [4.78, 5) is 53.7. The second kappa shape index (κ2) is 10.0. The van der Waals surface area contributed by atoms with E-state index in [1.807, 2.05) is 0 Å². The summed E-state index contributed by atoms with van der Waals surface area (Å²) in [6.07, 6.45) is 0.411. The number of carbonyl (C=O) groups excluding carboxylic acids is 3. The first kappa shape index (κ1) is 27.3. The Labute approximate surface area is 233 Å². The molecule has 1 aliphatic heterocycles. The third-order valence-electron chi connectivity index (χ3n) is 7.54. The van der Waals surface area contributed by atoms with Gasteiger partial charge in [0, 0.05) is 35.5 Å². The minimum atomic E-state index is -2.08. The quantitative estimate of drug-likeness (QED) is 0.421. The first-order valence-electron chi connectivity index (χ1n) is 12.3. The van der Waals surface area contributed by atoms with Gasteiger partial charge in [-0.2, -0.15) is 0 Å². The van der Waals surface area contributed by atoms with Crippen molar-refractivity contribution in [2.24, 2.45) is 5.92 Å². The Kier molecular flexibility index (Phi) is 6.83. The fourth-order valence-corrected chi connectivity index (χ4v) is 5.75. The number of Topliss-reactive ketones (excluding diaryl/α,β-unsaturated/α-hetero) is 2. The van der Waals surface area contributed by atoms with Crippen molar-refractivity contribution in [3.63, 3.8) is 0 Å². The molecule has 40 heavy (non-hydrogen) atoms. The van der Waals surface area contributed by atoms with E-state index in [-0.39, 0.29) is 50.8 Å². The van der Waals surface area contributed by atoms with Crippen LogP contribution in [0.5, 0.6) is 17.2 Å². The maximum absolute atomic E-state index is 14.1. The molecule has 1 spiro atoms. The van der Waals surface area contributed by atoms with Crippen molar-refractivity contribution in [2.75, 3.05) is 21.3 Å². The summed E-state index contributed by atoms with van der Waals surface area (Å²) >= 11 is 6.50. The number of esters is 1. The van der Waals surface area contributed by atoms with Gasteiger partial charge in [-0.3, -0.25) is 19.2 Å². The van der Waals surface area contributed by atoms with Crippen molar-refractivity contribution in [3.05, 3.63) is 74.3 Å². The van der Waals surface area contributed by atoms with Gasteiger partial charge in [0.05, 0.1) is 39.4 Å². The third-order valence-corrected chi connectivity index (χ3v) is 7.90. The molecule has 5 rings (SSSR count). The van der Waals surface area contributed by atoms with E-state index in [0.717, 1.165) is 13.4 Å². The molecule has 0 amide bonds. The van der Waals surface area contributed by atoms with Crippen LogP contribution in [-0.2, 0) is 14.3 Å². The molecule has 10 nitrogen and oxygen atoms in total. The number of aliphatic hydroxyl groups is 1. The highest BCUT2D eigenvalue weighted by Crippen LogP contribution is 2.55. The van der Waals surface area contributed by atoms with Crippen molar-refractivity contribution < 1.29 is 42.9 Å². The van der Waals surface area contributed by atoms with E-state index in [4.69, 9.17) is 35.0 Å². The molecular formula is C29H25ClO10. The molecule has 208 valence electrons.